The Bertz CT molecular complexity index is 1370. The summed E-state index contributed by atoms with van der Waals surface area (Å²) in [6.07, 6.45) is -5.62. The summed E-state index contributed by atoms with van der Waals surface area (Å²) in [5.74, 6) is -5.26. The molecule has 3 aromatic rings. The van der Waals surface area contributed by atoms with Gasteiger partial charge in [0.05, 0.1) is 24.1 Å². The van der Waals surface area contributed by atoms with Gasteiger partial charge in [0.15, 0.2) is 17.9 Å². The minimum Gasteiger partial charge on any atom is -0.497 e. The normalized spacial score (nSPS) is 15.7. The zero-order valence-electron chi connectivity index (χ0n) is 19.6. The number of nitrogens with one attached hydrogen (secondary N) is 1. The fourth-order valence-corrected chi connectivity index (χ4v) is 3.81. The number of hydrogen-bond acceptors (Lipinski definition) is 7. The number of halogens is 6. The summed E-state index contributed by atoms with van der Waals surface area (Å²) in [5, 5.41) is 15.2. The van der Waals surface area contributed by atoms with Crippen molar-refractivity contribution in [1.82, 2.24) is 15.3 Å². The Kier molecular flexibility index (Phi) is 7.09. The number of aromatic nitrogens is 1. The van der Waals surface area contributed by atoms with Gasteiger partial charge in [-0.3, -0.25) is 9.80 Å². The maximum absolute atomic E-state index is 15.1. The Morgan fingerprint density at radius 3 is 2.21 bits per heavy atom. The molecule has 0 bridgehead atoms. The fraction of sp³-hybridized carbons (Fsp3) is 0.167. The highest BCUT2D eigenvalue weighted by Gasteiger charge is 2.41. The number of methoxy groups -OCH3 is 1. The monoisotopic (exact) mass is 540 g/mol. The van der Waals surface area contributed by atoms with Crippen molar-refractivity contribution in [3.63, 3.8) is 0 Å². The molecule has 1 amide bonds. The molecule has 1 aromatic heterocycles. The number of rotatable bonds is 6. The number of hydrazine groups is 1. The first-order valence-corrected chi connectivity index (χ1v) is 10.7. The highest BCUT2D eigenvalue weighted by atomic mass is 19.4. The quantitative estimate of drug-likeness (QED) is 0.454. The molecule has 1 aliphatic rings. The molecule has 1 unspecified atom stereocenters. The highest BCUT2D eigenvalue weighted by Crippen LogP contribution is 2.39. The smallest absolute Gasteiger partial charge is 0.497 e. The van der Waals surface area contributed by atoms with Crippen molar-refractivity contribution < 1.29 is 45.7 Å². The van der Waals surface area contributed by atoms with Crippen LogP contribution in [0, 0.1) is 17.5 Å². The summed E-state index contributed by atoms with van der Waals surface area (Å²) in [6, 6.07) is 7.84. The molecule has 1 aliphatic heterocycles. The van der Waals surface area contributed by atoms with Crippen LogP contribution in [0.3, 0.4) is 0 Å². The van der Waals surface area contributed by atoms with Gasteiger partial charge in [-0.25, -0.2) is 23.2 Å². The van der Waals surface area contributed by atoms with Gasteiger partial charge in [-0.1, -0.05) is 0 Å². The summed E-state index contributed by atoms with van der Waals surface area (Å²) in [7, 11) is 2.44. The van der Waals surface area contributed by atoms with Crippen LogP contribution >= 0.6 is 0 Å². The number of nitrogens with zero attached hydrogens (tertiary/aromatic N) is 3. The molecule has 1 atom stereocenters. The number of benzene rings is 2. The molecule has 0 aliphatic carbocycles. The minimum absolute atomic E-state index is 0.148. The van der Waals surface area contributed by atoms with E-state index in [2.05, 4.69) is 15.0 Å². The lowest BCUT2D eigenvalue weighted by atomic mass is 10.1. The van der Waals surface area contributed by atoms with Crippen LogP contribution in [0.1, 0.15) is 15.9 Å². The van der Waals surface area contributed by atoms with Crippen molar-refractivity contribution in [2.24, 2.45) is 0 Å². The Balaban J connectivity index is 1.77. The predicted molar refractivity (Wildman–Crippen MR) is 121 cm³/mol. The molecule has 4 rings (SSSR count). The SMILES string of the molecule is COc1cc(F)c(C2=C(NC(=O)c3ccc(OC(F)(F)F)cc3)C(O)N(c3ncccc3F)N2C)c(F)c1. The molecular formula is C24H18F6N4O4. The van der Waals surface area contributed by atoms with E-state index in [0.717, 1.165) is 52.5 Å². The number of pyridine rings is 1. The van der Waals surface area contributed by atoms with E-state index in [1.165, 1.54) is 26.4 Å². The third-order valence-electron chi connectivity index (χ3n) is 5.43. The highest BCUT2D eigenvalue weighted by molar-refractivity contribution is 5.97. The molecule has 14 heteroatoms. The lowest BCUT2D eigenvalue weighted by Gasteiger charge is -2.31. The topological polar surface area (TPSA) is 87.2 Å². The number of alkyl halides is 3. The van der Waals surface area contributed by atoms with Crippen molar-refractivity contribution in [3.8, 4) is 11.5 Å². The van der Waals surface area contributed by atoms with Gasteiger partial charge >= 0.3 is 6.36 Å². The van der Waals surface area contributed by atoms with E-state index in [9.17, 15) is 27.5 Å². The van der Waals surface area contributed by atoms with Crippen LogP contribution in [0.15, 0.2) is 60.4 Å². The summed E-state index contributed by atoms with van der Waals surface area (Å²) < 4.78 is 90.7. The molecule has 2 heterocycles. The maximum Gasteiger partial charge on any atom is 0.573 e. The van der Waals surface area contributed by atoms with E-state index in [0.29, 0.717) is 0 Å². The number of aliphatic hydroxyl groups excluding tert-OH is 1. The zero-order chi connectivity index (χ0) is 27.8. The molecule has 38 heavy (non-hydrogen) atoms. The van der Waals surface area contributed by atoms with Crippen LogP contribution in [0.2, 0.25) is 0 Å². The minimum atomic E-state index is -4.95. The van der Waals surface area contributed by atoms with Crippen molar-refractivity contribution in [2.45, 2.75) is 12.6 Å². The molecular weight excluding hydrogens is 522 g/mol. The number of carbonyl (C=O) groups excluding carboxylic acids is 1. The van der Waals surface area contributed by atoms with Crippen molar-refractivity contribution in [3.05, 3.63) is 89.0 Å². The maximum atomic E-state index is 15.1. The molecule has 0 radical (unpaired) electrons. The summed E-state index contributed by atoms with van der Waals surface area (Å²) >= 11 is 0. The summed E-state index contributed by atoms with van der Waals surface area (Å²) in [5.41, 5.74) is -1.71. The molecule has 2 N–H and O–H groups in total. The number of amides is 1. The largest absolute Gasteiger partial charge is 0.573 e. The van der Waals surface area contributed by atoms with Crippen LogP contribution in [0.4, 0.5) is 32.2 Å². The second-order valence-electron chi connectivity index (χ2n) is 7.81. The molecule has 0 saturated carbocycles. The molecule has 200 valence electrons. The van der Waals surface area contributed by atoms with Gasteiger partial charge in [-0.15, -0.1) is 13.2 Å². The number of anilines is 1. The van der Waals surface area contributed by atoms with Crippen LogP contribution < -0.4 is 19.8 Å². The van der Waals surface area contributed by atoms with Crippen LogP contribution in [0.5, 0.6) is 11.5 Å². The van der Waals surface area contributed by atoms with E-state index in [1.54, 1.807) is 0 Å². The summed E-state index contributed by atoms with van der Waals surface area (Å²) in [4.78, 5) is 16.8. The zero-order valence-corrected chi connectivity index (χ0v) is 19.6. The lowest BCUT2D eigenvalue weighted by Crippen LogP contribution is -2.43. The number of ether oxygens (including phenoxy) is 2. The van der Waals surface area contributed by atoms with E-state index < -0.39 is 58.8 Å². The van der Waals surface area contributed by atoms with E-state index in [1.807, 2.05) is 0 Å². The first kappa shape index (κ1) is 26.6. The lowest BCUT2D eigenvalue weighted by molar-refractivity contribution is -0.274. The molecule has 0 spiro atoms. The van der Waals surface area contributed by atoms with Gasteiger partial charge in [-0.05, 0) is 36.4 Å². The Morgan fingerprint density at radius 1 is 1.03 bits per heavy atom. The third-order valence-corrected chi connectivity index (χ3v) is 5.43. The third kappa shape index (κ3) is 5.16. The fourth-order valence-electron chi connectivity index (χ4n) is 3.81. The van der Waals surface area contributed by atoms with Crippen molar-refractivity contribution in [2.75, 3.05) is 19.2 Å². The van der Waals surface area contributed by atoms with Gasteiger partial charge < -0.3 is 19.9 Å². The molecule has 0 saturated heterocycles. The second-order valence-corrected chi connectivity index (χ2v) is 7.81. The molecule has 0 fully saturated rings. The molecule has 8 nitrogen and oxygen atoms in total. The summed E-state index contributed by atoms with van der Waals surface area (Å²) in [6.45, 7) is 0. The number of carbonyl (C=O) groups is 1. The van der Waals surface area contributed by atoms with Gasteiger partial charge in [0.2, 0.25) is 0 Å². The van der Waals surface area contributed by atoms with E-state index in [-0.39, 0.29) is 17.0 Å². The Labute approximate surface area is 211 Å². The first-order valence-electron chi connectivity index (χ1n) is 10.7. The van der Waals surface area contributed by atoms with E-state index in [4.69, 9.17) is 4.74 Å². The predicted octanol–water partition coefficient (Wildman–Crippen LogP) is 4.19. The Hall–Kier alpha value is -4.46. The van der Waals surface area contributed by atoms with Crippen molar-refractivity contribution in [1.29, 1.82) is 0 Å². The number of hydrogen-bond donors (Lipinski definition) is 2. The first-order chi connectivity index (χ1) is 17.9. The average Bonchev–Trinajstić information content (AvgIpc) is 3.07. The van der Waals surface area contributed by atoms with Gasteiger partial charge in [0, 0.05) is 30.9 Å². The van der Waals surface area contributed by atoms with Crippen LogP contribution in [-0.2, 0) is 0 Å². The van der Waals surface area contributed by atoms with Gasteiger partial charge in [0.1, 0.15) is 23.1 Å². The van der Waals surface area contributed by atoms with Gasteiger partial charge in [-0.2, -0.15) is 0 Å². The Morgan fingerprint density at radius 2 is 1.66 bits per heavy atom. The van der Waals surface area contributed by atoms with Crippen LogP contribution in [0.25, 0.3) is 5.70 Å². The standard InChI is InChI=1S/C24H18F6N4O4/c1-33-20(18-16(26)10-14(37-2)11-17(18)27)19(23(36)34(33)21-15(25)4-3-9-31-21)32-22(35)12-5-7-13(8-6-12)38-24(28,29)30/h3-11,23,36H,1-2H3,(H,32,35). The van der Waals surface area contributed by atoms with E-state index >= 15 is 8.78 Å². The number of aliphatic hydroxyl groups is 1. The average molecular weight is 540 g/mol. The van der Waals surface area contributed by atoms with Crippen LogP contribution in [-0.4, -0.2) is 47.8 Å². The van der Waals surface area contributed by atoms with Crippen molar-refractivity contribution >= 4 is 17.4 Å². The van der Waals surface area contributed by atoms with Gasteiger partial charge in [0.25, 0.3) is 5.91 Å². The second kappa shape index (κ2) is 10.1. The molecule has 2 aromatic carbocycles.